The Bertz CT molecular complexity index is 335. The maximum absolute atomic E-state index is 12.0. The van der Waals surface area contributed by atoms with Crippen molar-refractivity contribution < 1.29 is 22.0 Å². The molecule has 1 aromatic rings. The highest BCUT2D eigenvalue weighted by atomic mass is 35.5. The average Bonchev–Trinajstić information content (AvgIpc) is 2.01. The maximum Gasteiger partial charge on any atom is 0.433 e. The van der Waals surface area contributed by atoms with Gasteiger partial charge in [0.25, 0.3) is 6.43 Å². The van der Waals surface area contributed by atoms with Gasteiger partial charge in [0, 0.05) is 5.02 Å². The van der Waals surface area contributed by atoms with E-state index < -0.39 is 29.0 Å². The Hall–Kier alpha value is -0.910. The molecule has 0 aliphatic heterocycles. The van der Waals surface area contributed by atoms with E-state index in [0.717, 1.165) is 0 Å². The third kappa shape index (κ3) is 2.54. The third-order valence-corrected chi connectivity index (χ3v) is 1.54. The van der Waals surface area contributed by atoms with Gasteiger partial charge in [-0.2, -0.15) is 13.2 Å². The molecular weight excluding hydrogens is 229 g/mol. The summed E-state index contributed by atoms with van der Waals surface area (Å²) in [6.07, 6.45) is -7.84. The molecule has 0 atom stereocenters. The molecule has 0 unspecified atom stereocenters. The van der Waals surface area contributed by atoms with E-state index in [1.165, 1.54) is 0 Å². The molecule has 1 rings (SSSR count). The van der Waals surface area contributed by atoms with Gasteiger partial charge in [-0.1, -0.05) is 11.6 Å². The molecule has 0 bridgehead atoms. The summed E-state index contributed by atoms with van der Waals surface area (Å²) in [5, 5.41) is -0.414. The van der Waals surface area contributed by atoms with Gasteiger partial charge in [0.15, 0.2) is 0 Å². The SMILES string of the molecule is FC(F)c1cc(Cl)cc(C(F)(F)F)n1. The molecule has 0 aliphatic carbocycles. The van der Waals surface area contributed by atoms with Crippen LogP contribution in [0.2, 0.25) is 5.02 Å². The molecule has 0 saturated heterocycles. The van der Waals surface area contributed by atoms with E-state index in [1.807, 2.05) is 0 Å². The van der Waals surface area contributed by atoms with E-state index in [0.29, 0.717) is 12.1 Å². The van der Waals surface area contributed by atoms with Crippen LogP contribution in [0.15, 0.2) is 12.1 Å². The molecule has 0 aromatic carbocycles. The van der Waals surface area contributed by atoms with Gasteiger partial charge in [-0.05, 0) is 12.1 Å². The van der Waals surface area contributed by atoms with Crippen molar-refractivity contribution in [1.82, 2.24) is 4.98 Å². The summed E-state index contributed by atoms with van der Waals surface area (Å²) in [4.78, 5) is 2.74. The molecule has 78 valence electrons. The van der Waals surface area contributed by atoms with Gasteiger partial charge in [0.05, 0.1) is 0 Å². The number of rotatable bonds is 1. The highest BCUT2D eigenvalue weighted by molar-refractivity contribution is 6.30. The average molecular weight is 232 g/mol. The number of nitrogens with zero attached hydrogens (tertiary/aromatic N) is 1. The molecular formula is C7H3ClF5N. The molecule has 0 fully saturated rings. The second-order valence-electron chi connectivity index (χ2n) is 2.39. The zero-order valence-electron chi connectivity index (χ0n) is 6.45. The Morgan fingerprint density at radius 1 is 1.21 bits per heavy atom. The first kappa shape index (κ1) is 11.2. The largest absolute Gasteiger partial charge is 0.433 e. The van der Waals surface area contributed by atoms with E-state index >= 15 is 0 Å². The van der Waals surface area contributed by atoms with Crippen molar-refractivity contribution in [3.63, 3.8) is 0 Å². The van der Waals surface area contributed by atoms with Gasteiger partial charge in [0.1, 0.15) is 11.4 Å². The lowest BCUT2D eigenvalue weighted by atomic mass is 10.3. The first-order valence-corrected chi connectivity index (χ1v) is 3.71. The quantitative estimate of drug-likeness (QED) is 0.672. The first-order chi connectivity index (χ1) is 6.30. The van der Waals surface area contributed by atoms with Crippen molar-refractivity contribution in [2.45, 2.75) is 12.6 Å². The fourth-order valence-corrected chi connectivity index (χ4v) is 0.989. The van der Waals surface area contributed by atoms with E-state index in [4.69, 9.17) is 11.6 Å². The maximum atomic E-state index is 12.0. The molecule has 0 spiro atoms. The minimum absolute atomic E-state index is 0.414. The van der Waals surface area contributed by atoms with Crippen molar-refractivity contribution in [3.05, 3.63) is 28.5 Å². The van der Waals surface area contributed by atoms with Gasteiger partial charge in [-0.3, -0.25) is 0 Å². The fourth-order valence-electron chi connectivity index (χ4n) is 0.774. The predicted molar refractivity (Wildman–Crippen MR) is 39.2 cm³/mol. The zero-order chi connectivity index (χ0) is 10.9. The summed E-state index contributed by atoms with van der Waals surface area (Å²) in [7, 11) is 0. The number of pyridine rings is 1. The van der Waals surface area contributed by atoms with Crippen LogP contribution in [-0.4, -0.2) is 4.98 Å². The van der Waals surface area contributed by atoms with Crippen LogP contribution < -0.4 is 0 Å². The lowest BCUT2D eigenvalue weighted by molar-refractivity contribution is -0.141. The molecule has 0 radical (unpaired) electrons. The summed E-state index contributed by atoms with van der Waals surface area (Å²) >= 11 is 5.23. The number of hydrogen-bond acceptors (Lipinski definition) is 1. The predicted octanol–water partition coefficient (Wildman–Crippen LogP) is 3.69. The van der Waals surface area contributed by atoms with Gasteiger partial charge in [-0.25, -0.2) is 13.8 Å². The van der Waals surface area contributed by atoms with Crippen LogP contribution in [0, 0.1) is 0 Å². The third-order valence-electron chi connectivity index (χ3n) is 1.32. The molecule has 14 heavy (non-hydrogen) atoms. The lowest BCUT2D eigenvalue weighted by Gasteiger charge is -2.07. The summed E-state index contributed by atoms with van der Waals surface area (Å²) in [6, 6.07) is 1.19. The topological polar surface area (TPSA) is 12.9 Å². The Labute approximate surface area is 80.5 Å². The minimum Gasteiger partial charge on any atom is -0.242 e. The molecule has 1 nitrogen and oxygen atoms in total. The second kappa shape index (κ2) is 3.68. The number of hydrogen-bond donors (Lipinski definition) is 0. The van der Waals surface area contributed by atoms with E-state index in [1.54, 1.807) is 0 Å². The Balaban J connectivity index is 3.21. The molecule has 0 N–H and O–H groups in total. The van der Waals surface area contributed by atoms with E-state index in [2.05, 4.69) is 4.98 Å². The van der Waals surface area contributed by atoms with Crippen molar-refractivity contribution in [1.29, 1.82) is 0 Å². The van der Waals surface area contributed by atoms with Crippen molar-refractivity contribution >= 4 is 11.6 Å². The Morgan fingerprint density at radius 2 is 1.79 bits per heavy atom. The molecule has 0 amide bonds. The van der Waals surface area contributed by atoms with Crippen LogP contribution >= 0.6 is 11.6 Å². The summed E-state index contributed by atoms with van der Waals surface area (Å²) in [6.45, 7) is 0. The number of aromatic nitrogens is 1. The van der Waals surface area contributed by atoms with Crippen LogP contribution in [0.25, 0.3) is 0 Å². The first-order valence-electron chi connectivity index (χ1n) is 3.33. The fraction of sp³-hybridized carbons (Fsp3) is 0.286. The molecule has 7 heteroatoms. The molecule has 0 aliphatic rings. The van der Waals surface area contributed by atoms with Crippen molar-refractivity contribution in [2.75, 3.05) is 0 Å². The Kier molecular flexibility index (Phi) is 2.94. The summed E-state index contributed by atoms with van der Waals surface area (Å²) in [5.74, 6) is 0. The van der Waals surface area contributed by atoms with Crippen LogP contribution in [0.4, 0.5) is 22.0 Å². The smallest absolute Gasteiger partial charge is 0.242 e. The normalized spacial score (nSPS) is 12.2. The number of alkyl halides is 5. The minimum atomic E-state index is -4.77. The van der Waals surface area contributed by atoms with Crippen LogP contribution in [0.5, 0.6) is 0 Å². The highest BCUT2D eigenvalue weighted by Gasteiger charge is 2.33. The van der Waals surface area contributed by atoms with Gasteiger partial charge in [0.2, 0.25) is 0 Å². The van der Waals surface area contributed by atoms with Crippen molar-refractivity contribution in [2.24, 2.45) is 0 Å². The van der Waals surface area contributed by atoms with Gasteiger partial charge < -0.3 is 0 Å². The van der Waals surface area contributed by atoms with Gasteiger partial charge in [-0.15, -0.1) is 0 Å². The molecule has 1 aromatic heterocycles. The summed E-state index contributed by atoms with van der Waals surface area (Å²) < 4.78 is 60.2. The van der Waals surface area contributed by atoms with E-state index in [9.17, 15) is 22.0 Å². The monoisotopic (exact) mass is 231 g/mol. The molecule has 1 heterocycles. The Morgan fingerprint density at radius 3 is 2.21 bits per heavy atom. The van der Waals surface area contributed by atoms with Gasteiger partial charge >= 0.3 is 6.18 Å². The van der Waals surface area contributed by atoms with E-state index in [-0.39, 0.29) is 0 Å². The molecule has 0 saturated carbocycles. The lowest BCUT2D eigenvalue weighted by Crippen LogP contribution is -2.09. The van der Waals surface area contributed by atoms with Crippen LogP contribution in [-0.2, 0) is 6.18 Å². The standard InChI is InChI=1S/C7H3ClF5N/c8-3-1-4(6(9)10)14-5(2-3)7(11,12)13/h1-2,6H. The van der Waals surface area contributed by atoms with Crippen LogP contribution in [0.1, 0.15) is 17.8 Å². The van der Waals surface area contributed by atoms with Crippen molar-refractivity contribution in [3.8, 4) is 0 Å². The van der Waals surface area contributed by atoms with Crippen LogP contribution in [0.3, 0.4) is 0 Å². The highest BCUT2D eigenvalue weighted by Crippen LogP contribution is 2.31. The number of halogens is 6. The summed E-state index contributed by atoms with van der Waals surface area (Å²) in [5.41, 5.74) is -2.40. The second-order valence-corrected chi connectivity index (χ2v) is 2.83. The zero-order valence-corrected chi connectivity index (χ0v) is 7.20.